The van der Waals surface area contributed by atoms with E-state index in [-0.39, 0.29) is 40.5 Å². The number of piperazine rings is 1. The molecule has 0 radical (unpaired) electrons. The molecular weight excluding hydrogens is 375 g/mol. The number of benzene rings is 1. The molecule has 1 amide bonds. The zero-order chi connectivity index (χ0) is 17.7. The van der Waals surface area contributed by atoms with Gasteiger partial charge in [-0.05, 0) is 18.6 Å². The van der Waals surface area contributed by atoms with Crippen LogP contribution in [0, 0.1) is 0 Å². The first kappa shape index (κ1) is 19.5. The van der Waals surface area contributed by atoms with Crippen molar-refractivity contribution in [2.45, 2.75) is 18.2 Å². The van der Waals surface area contributed by atoms with Crippen molar-refractivity contribution in [2.75, 3.05) is 39.4 Å². The molecule has 24 heavy (non-hydrogen) atoms. The molecule has 1 aliphatic heterocycles. The van der Waals surface area contributed by atoms with Crippen LogP contribution in [-0.4, -0.2) is 62.9 Å². The van der Waals surface area contributed by atoms with E-state index in [1.54, 1.807) is 11.0 Å². The zero-order valence-corrected chi connectivity index (χ0v) is 15.7. The zero-order valence-electron chi connectivity index (χ0n) is 13.4. The van der Waals surface area contributed by atoms with Crippen molar-refractivity contribution in [3.05, 3.63) is 28.2 Å². The summed E-state index contributed by atoms with van der Waals surface area (Å²) in [6.07, 6.45) is 0.845. The number of halogens is 2. The topological polar surface area (TPSA) is 66.9 Å². The fourth-order valence-corrected chi connectivity index (χ4v) is 4.94. The van der Waals surface area contributed by atoms with Gasteiger partial charge in [-0.3, -0.25) is 4.79 Å². The summed E-state index contributed by atoms with van der Waals surface area (Å²) < 4.78 is 32.0. The highest BCUT2D eigenvalue weighted by Crippen LogP contribution is 2.31. The summed E-state index contributed by atoms with van der Waals surface area (Å²) >= 11 is 12.0. The van der Waals surface area contributed by atoms with Gasteiger partial charge in [-0.2, -0.15) is 4.31 Å². The summed E-state index contributed by atoms with van der Waals surface area (Å²) in [7, 11) is -3.79. The SMILES string of the molecule is CCCOCC(=O)N1CCN(S(=O)(=O)c2c(Cl)cccc2Cl)CC1. The highest BCUT2D eigenvalue weighted by Gasteiger charge is 2.32. The van der Waals surface area contributed by atoms with Crippen LogP contribution in [0.25, 0.3) is 0 Å². The number of carbonyl (C=O) groups excluding carboxylic acids is 1. The maximum atomic E-state index is 12.7. The predicted octanol–water partition coefficient (Wildman–Crippen LogP) is 2.25. The van der Waals surface area contributed by atoms with Gasteiger partial charge in [0.05, 0.1) is 10.0 Å². The van der Waals surface area contributed by atoms with E-state index in [2.05, 4.69) is 0 Å². The number of carbonyl (C=O) groups is 1. The molecule has 0 N–H and O–H groups in total. The summed E-state index contributed by atoms with van der Waals surface area (Å²) in [4.78, 5) is 13.5. The lowest BCUT2D eigenvalue weighted by atomic mass is 10.3. The van der Waals surface area contributed by atoms with E-state index in [1.807, 2.05) is 6.92 Å². The Labute approximate surface area is 152 Å². The van der Waals surface area contributed by atoms with Crippen molar-refractivity contribution in [3.8, 4) is 0 Å². The maximum Gasteiger partial charge on any atom is 0.248 e. The number of ether oxygens (including phenoxy) is 1. The maximum absolute atomic E-state index is 12.7. The molecule has 1 aromatic carbocycles. The van der Waals surface area contributed by atoms with Gasteiger partial charge in [0.25, 0.3) is 0 Å². The third-order valence-electron chi connectivity index (χ3n) is 3.68. The lowest BCUT2D eigenvalue weighted by Gasteiger charge is -2.34. The van der Waals surface area contributed by atoms with Crippen LogP contribution in [0.3, 0.4) is 0 Å². The molecule has 134 valence electrons. The van der Waals surface area contributed by atoms with Crippen LogP contribution in [0.2, 0.25) is 10.0 Å². The monoisotopic (exact) mass is 394 g/mol. The van der Waals surface area contributed by atoms with Crippen molar-refractivity contribution < 1.29 is 17.9 Å². The van der Waals surface area contributed by atoms with Crippen LogP contribution in [0.5, 0.6) is 0 Å². The van der Waals surface area contributed by atoms with Crippen LogP contribution in [0.4, 0.5) is 0 Å². The first-order valence-electron chi connectivity index (χ1n) is 7.67. The van der Waals surface area contributed by atoms with Crippen molar-refractivity contribution in [2.24, 2.45) is 0 Å². The Morgan fingerprint density at radius 3 is 2.29 bits per heavy atom. The minimum atomic E-state index is -3.79. The van der Waals surface area contributed by atoms with Crippen molar-refractivity contribution in [1.29, 1.82) is 0 Å². The fraction of sp³-hybridized carbons (Fsp3) is 0.533. The molecule has 1 fully saturated rings. The summed E-state index contributed by atoms with van der Waals surface area (Å²) in [6, 6.07) is 4.58. The van der Waals surface area contributed by atoms with Crippen LogP contribution >= 0.6 is 23.2 Å². The second-order valence-corrected chi connectivity index (χ2v) is 8.08. The van der Waals surface area contributed by atoms with Gasteiger partial charge in [-0.25, -0.2) is 8.42 Å². The summed E-state index contributed by atoms with van der Waals surface area (Å²) in [5.74, 6) is -0.128. The second kappa shape index (κ2) is 8.49. The molecule has 0 spiro atoms. The van der Waals surface area contributed by atoms with E-state index in [4.69, 9.17) is 27.9 Å². The van der Waals surface area contributed by atoms with E-state index in [0.717, 1.165) is 6.42 Å². The molecule has 0 aromatic heterocycles. The molecular formula is C15H20Cl2N2O4S. The van der Waals surface area contributed by atoms with E-state index in [9.17, 15) is 13.2 Å². The number of hydrogen-bond acceptors (Lipinski definition) is 4. The van der Waals surface area contributed by atoms with Gasteiger partial charge in [0, 0.05) is 32.8 Å². The number of nitrogens with zero attached hydrogens (tertiary/aromatic N) is 2. The van der Waals surface area contributed by atoms with Crippen LogP contribution in [0.15, 0.2) is 23.1 Å². The van der Waals surface area contributed by atoms with Crippen molar-refractivity contribution in [3.63, 3.8) is 0 Å². The fourth-order valence-electron chi connectivity index (χ4n) is 2.43. The first-order chi connectivity index (χ1) is 11.4. The normalized spacial score (nSPS) is 16.4. The molecule has 2 rings (SSSR count). The first-order valence-corrected chi connectivity index (χ1v) is 9.87. The Morgan fingerprint density at radius 1 is 1.17 bits per heavy atom. The standard InChI is InChI=1S/C15H20Cl2N2O4S/c1-2-10-23-11-14(20)18-6-8-19(9-7-18)24(21,22)15-12(16)4-3-5-13(15)17/h3-5H,2,6-11H2,1H3. The minimum absolute atomic E-state index is 0.0247. The van der Waals surface area contributed by atoms with Gasteiger partial charge < -0.3 is 9.64 Å². The van der Waals surface area contributed by atoms with Gasteiger partial charge in [0.1, 0.15) is 11.5 Å². The summed E-state index contributed by atoms with van der Waals surface area (Å²) in [6.45, 7) is 3.55. The smallest absolute Gasteiger partial charge is 0.248 e. The molecule has 0 saturated carbocycles. The highest BCUT2D eigenvalue weighted by molar-refractivity contribution is 7.89. The van der Waals surface area contributed by atoms with Crippen LogP contribution < -0.4 is 0 Å². The number of rotatable bonds is 6. The molecule has 0 unspecified atom stereocenters. The molecule has 0 atom stereocenters. The largest absolute Gasteiger partial charge is 0.372 e. The minimum Gasteiger partial charge on any atom is -0.372 e. The molecule has 0 bridgehead atoms. The number of sulfonamides is 1. The lowest BCUT2D eigenvalue weighted by molar-refractivity contribution is -0.137. The number of amides is 1. The van der Waals surface area contributed by atoms with E-state index in [0.29, 0.717) is 19.7 Å². The Balaban J connectivity index is 2.02. The lowest BCUT2D eigenvalue weighted by Crippen LogP contribution is -2.51. The van der Waals surface area contributed by atoms with Gasteiger partial charge in [-0.15, -0.1) is 0 Å². The van der Waals surface area contributed by atoms with E-state index < -0.39 is 10.0 Å². The molecule has 6 nitrogen and oxygen atoms in total. The van der Waals surface area contributed by atoms with Gasteiger partial charge in [0.15, 0.2) is 0 Å². The average molecular weight is 395 g/mol. The third kappa shape index (κ3) is 4.40. The second-order valence-electron chi connectivity index (χ2n) is 5.39. The molecule has 1 heterocycles. The molecule has 1 aliphatic rings. The van der Waals surface area contributed by atoms with Crippen molar-refractivity contribution in [1.82, 2.24) is 9.21 Å². The third-order valence-corrected chi connectivity index (χ3v) is 6.54. The van der Waals surface area contributed by atoms with Gasteiger partial charge in [-0.1, -0.05) is 36.2 Å². The quantitative estimate of drug-likeness (QED) is 0.693. The Morgan fingerprint density at radius 2 is 1.75 bits per heavy atom. The van der Waals surface area contributed by atoms with E-state index >= 15 is 0 Å². The van der Waals surface area contributed by atoms with Gasteiger partial charge in [0.2, 0.25) is 15.9 Å². The number of hydrogen-bond donors (Lipinski definition) is 0. The summed E-state index contributed by atoms with van der Waals surface area (Å²) in [5.41, 5.74) is 0. The predicted molar refractivity (Wildman–Crippen MR) is 92.9 cm³/mol. The summed E-state index contributed by atoms with van der Waals surface area (Å²) in [5, 5.41) is 0.183. The van der Waals surface area contributed by atoms with Gasteiger partial charge >= 0.3 is 0 Å². The Hall–Kier alpha value is -0.860. The Kier molecular flexibility index (Phi) is 6.88. The molecule has 1 aromatic rings. The average Bonchev–Trinajstić information content (AvgIpc) is 2.54. The molecule has 9 heteroatoms. The Bertz CT molecular complexity index is 668. The highest BCUT2D eigenvalue weighted by atomic mass is 35.5. The van der Waals surface area contributed by atoms with Crippen molar-refractivity contribution >= 4 is 39.1 Å². The van der Waals surface area contributed by atoms with Crippen LogP contribution in [-0.2, 0) is 19.6 Å². The molecule has 1 saturated heterocycles. The van der Waals surface area contributed by atoms with Crippen LogP contribution in [0.1, 0.15) is 13.3 Å². The van der Waals surface area contributed by atoms with E-state index in [1.165, 1.54) is 16.4 Å². The molecule has 0 aliphatic carbocycles.